The van der Waals surface area contributed by atoms with Gasteiger partial charge in [0.25, 0.3) is 0 Å². The minimum Gasteiger partial charge on any atom is -0.369 e. The van der Waals surface area contributed by atoms with E-state index in [1.165, 1.54) is 30.6 Å². The fourth-order valence-corrected chi connectivity index (χ4v) is 8.40. The molecule has 136 valence electrons. The standard InChI is InChI=1S/C19H26N2O2S2/c1-10-15(6-16(20)22)25-18(21-10)24-11(2)17(23)19-7-12-3-13(8-19)5-14(4-12)9-19/h11-14H,3-9H2,1-2H3,(H2,20,22)/t11-,12?,13?,14?,19?/m0/s1. The Kier molecular flexibility index (Phi) is 4.47. The molecule has 1 atom stereocenters. The Morgan fingerprint density at radius 3 is 2.32 bits per heavy atom. The molecule has 4 saturated carbocycles. The smallest absolute Gasteiger partial charge is 0.222 e. The van der Waals surface area contributed by atoms with Crippen molar-refractivity contribution in [2.75, 3.05) is 0 Å². The number of hydrogen-bond acceptors (Lipinski definition) is 5. The van der Waals surface area contributed by atoms with Gasteiger partial charge in [0.2, 0.25) is 5.91 Å². The number of nitrogens with zero attached hydrogens (tertiary/aromatic N) is 1. The summed E-state index contributed by atoms with van der Waals surface area (Å²) < 4.78 is 0.888. The van der Waals surface area contributed by atoms with Gasteiger partial charge in [0, 0.05) is 10.3 Å². The molecule has 4 aliphatic rings. The van der Waals surface area contributed by atoms with E-state index in [-0.39, 0.29) is 23.0 Å². The summed E-state index contributed by atoms with van der Waals surface area (Å²) in [7, 11) is 0. The molecule has 0 aromatic carbocycles. The van der Waals surface area contributed by atoms with E-state index in [0.29, 0.717) is 5.78 Å². The SMILES string of the molecule is Cc1nc(S[C@@H](C)C(=O)C23CC4CC(CC(C4)C2)C3)sc1CC(N)=O. The maximum atomic E-state index is 13.4. The molecule has 4 fully saturated rings. The molecule has 6 heteroatoms. The number of carbonyl (C=O) groups excluding carboxylic acids is 2. The lowest BCUT2D eigenvalue weighted by atomic mass is 9.48. The van der Waals surface area contributed by atoms with Gasteiger partial charge in [0.05, 0.1) is 17.4 Å². The minimum absolute atomic E-state index is 0.0521. The van der Waals surface area contributed by atoms with Crippen LogP contribution in [0.1, 0.15) is 56.0 Å². The van der Waals surface area contributed by atoms with Gasteiger partial charge in [0.1, 0.15) is 0 Å². The average molecular weight is 379 g/mol. The van der Waals surface area contributed by atoms with Gasteiger partial charge in [-0.1, -0.05) is 11.8 Å². The van der Waals surface area contributed by atoms with E-state index in [0.717, 1.165) is 51.9 Å². The van der Waals surface area contributed by atoms with Crippen LogP contribution in [0.15, 0.2) is 4.34 Å². The van der Waals surface area contributed by atoms with Crippen molar-refractivity contribution in [3.8, 4) is 0 Å². The largest absolute Gasteiger partial charge is 0.369 e. The van der Waals surface area contributed by atoms with Crippen LogP contribution in [0, 0.1) is 30.1 Å². The molecule has 2 N–H and O–H groups in total. The first-order valence-corrected chi connectivity index (χ1v) is 11.0. The first-order chi connectivity index (χ1) is 11.8. The van der Waals surface area contributed by atoms with E-state index in [1.807, 2.05) is 13.8 Å². The lowest BCUT2D eigenvalue weighted by Gasteiger charge is -2.56. The number of primary amides is 1. The molecule has 4 bridgehead atoms. The van der Waals surface area contributed by atoms with Gasteiger partial charge in [0.15, 0.2) is 10.1 Å². The van der Waals surface area contributed by atoms with Gasteiger partial charge in [-0.15, -0.1) is 11.3 Å². The van der Waals surface area contributed by atoms with Crippen LogP contribution in [0.3, 0.4) is 0 Å². The van der Waals surface area contributed by atoms with Crippen molar-refractivity contribution >= 4 is 34.8 Å². The summed E-state index contributed by atoms with van der Waals surface area (Å²) >= 11 is 3.08. The van der Waals surface area contributed by atoms with E-state index in [9.17, 15) is 9.59 Å². The van der Waals surface area contributed by atoms with Gasteiger partial charge in [-0.05, 0) is 70.1 Å². The minimum atomic E-state index is -0.332. The van der Waals surface area contributed by atoms with E-state index in [1.54, 1.807) is 11.8 Å². The number of Topliss-reactive ketones (excluding diaryl/α,β-unsaturated/α-hetero) is 1. The van der Waals surface area contributed by atoms with Crippen LogP contribution in [0.4, 0.5) is 0 Å². The maximum absolute atomic E-state index is 13.4. The van der Waals surface area contributed by atoms with Gasteiger partial charge >= 0.3 is 0 Å². The first-order valence-electron chi connectivity index (χ1n) is 9.30. The summed E-state index contributed by atoms with van der Waals surface area (Å²) in [5, 5.41) is -0.0665. The van der Waals surface area contributed by atoms with Crippen molar-refractivity contribution in [1.82, 2.24) is 4.98 Å². The highest BCUT2D eigenvalue weighted by Crippen LogP contribution is 2.61. The lowest BCUT2D eigenvalue weighted by Crippen LogP contribution is -2.51. The van der Waals surface area contributed by atoms with E-state index in [2.05, 4.69) is 4.98 Å². The van der Waals surface area contributed by atoms with Crippen LogP contribution in [-0.4, -0.2) is 21.9 Å². The van der Waals surface area contributed by atoms with Crippen molar-refractivity contribution in [3.05, 3.63) is 10.6 Å². The molecule has 0 unspecified atom stereocenters. The molecule has 4 nitrogen and oxygen atoms in total. The number of hydrogen-bond donors (Lipinski definition) is 1. The van der Waals surface area contributed by atoms with Crippen LogP contribution >= 0.6 is 23.1 Å². The summed E-state index contributed by atoms with van der Waals surface area (Å²) in [6, 6.07) is 0. The molecule has 4 aliphatic carbocycles. The third-order valence-electron chi connectivity index (χ3n) is 6.42. The summed E-state index contributed by atoms with van der Waals surface area (Å²) in [4.78, 5) is 30.0. The summed E-state index contributed by atoms with van der Waals surface area (Å²) in [6.07, 6.45) is 7.66. The normalized spacial score (nSPS) is 34.2. The molecule has 0 spiro atoms. The van der Waals surface area contributed by atoms with Gasteiger partial charge in [-0.3, -0.25) is 9.59 Å². The summed E-state index contributed by atoms with van der Waals surface area (Å²) in [5.74, 6) is 2.48. The summed E-state index contributed by atoms with van der Waals surface area (Å²) in [5.41, 5.74) is 6.11. The Balaban J connectivity index is 1.47. The Labute approximate surface area is 157 Å². The van der Waals surface area contributed by atoms with Crippen LogP contribution in [0.2, 0.25) is 0 Å². The molecule has 1 aromatic rings. The first kappa shape index (κ1) is 17.5. The number of carbonyl (C=O) groups is 2. The third kappa shape index (κ3) is 3.27. The molecular formula is C19H26N2O2S2. The Hall–Kier alpha value is -0.880. The van der Waals surface area contributed by atoms with Crippen molar-refractivity contribution in [1.29, 1.82) is 0 Å². The highest BCUT2D eigenvalue weighted by molar-refractivity contribution is 8.02. The zero-order valence-electron chi connectivity index (χ0n) is 14.9. The fraction of sp³-hybridized carbons (Fsp3) is 0.737. The number of thiazole rings is 1. The van der Waals surface area contributed by atoms with Crippen LogP contribution < -0.4 is 5.73 Å². The van der Waals surface area contributed by atoms with Crippen molar-refractivity contribution in [2.45, 2.75) is 68.4 Å². The molecule has 1 heterocycles. The second-order valence-corrected chi connectivity index (χ2v) is 11.1. The second-order valence-electron chi connectivity index (χ2n) is 8.45. The molecule has 0 radical (unpaired) electrons. The number of nitrogens with two attached hydrogens (primary N) is 1. The van der Waals surface area contributed by atoms with Crippen molar-refractivity contribution in [2.24, 2.45) is 28.9 Å². The van der Waals surface area contributed by atoms with Crippen LogP contribution in [0.25, 0.3) is 0 Å². The molecule has 5 rings (SSSR count). The lowest BCUT2D eigenvalue weighted by molar-refractivity contribution is -0.143. The van der Waals surface area contributed by atoms with Gasteiger partial charge in [-0.2, -0.15) is 0 Å². The molecule has 1 aromatic heterocycles. The Morgan fingerprint density at radius 1 is 1.24 bits per heavy atom. The molecule has 0 saturated heterocycles. The van der Waals surface area contributed by atoms with E-state index >= 15 is 0 Å². The predicted octanol–water partition coefficient (Wildman–Crippen LogP) is 3.75. The predicted molar refractivity (Wildman–Crippen MR) is 101 cm³/mol. The number of aromatic nitrogens is 1. The Morgan fingerprint density at radius 2 is 1.80 bits per heavy atom. The monoisotopic (exact) mass is 378 g/mol. The number of aryl methyl sites for hydroxylation is 1. The van der Waals surface area contributed by atoms with E-state index in [4.69, 9.17) is 5.73 Å². The average Bonchev–Trinajstić information content (AvgIpc) is 2.83. The number of thioether (sulfide) groups is 1. The van der Waals surface area contributed by atoms with Crippen molar-refractivity contribution in [3.63, 3.8) is 0 Å². The zero-order valence-corrected chi connectivity index (χ0v) is 16.5. The molecular weight excluding hydrogens is 352 g/mol. The maximum Gasteiger partial charge on any atom is 0.222 e. The second kappa shape index (κ2) is 6.38. The van der Waals surface area contributed by atoms with Crippen LogP contribution in [0.5, 0.6) is 0 Å². The number of amides is 1. The fourth-order valence-electron chi connectivity index (χ4n) is 5.82. The topological polar surface area (TPSA) is 73.1 Å². The highest BCUT2D eigenvalue weighted by Gasteiger charge is 2.55. The number of rotatable bonds is 6. The Bertz CT molecular complexity index is 677. The molecule has 0 aliphatic heterocycles. The van der Waals surface area contributed by atoms with Crippen molar-refractivity contribution < 1.29 is 9.59 Å². The zero-order chi connectivity index (χ0) is 17.8. The van der Waals surface area contributed by atoms with Crippen LogP contribution in [-0.2, 0) is 16.0 Å². The molecule has 25 heavy (non-hydrogen) atoms. The van der Waals surface area contributed by atoms with E-state index < -0.39 is 0 Å². The number of ketones is 1. The molecule has 1 amide bonds. The summed E-state index contributed by atoms with van der Waals surface area (Å²) in [6.45, 7) is 3.94. The highest BCUT2D eigenvalue weighted by atomic mass is 32.2. The van der Waals surface area contributed by atoms with Gasteiger partial charge in [-0.25, -0.2) is 4.98 Å². The third-order valence-corrected chi connectivity index (χ3v) is 8.77. The van der Waals surface area contributed by atoms with Gasteiger partial charge < -0.3 is 5.73 Å². The quantitative estimate of drug-likeness (QED) is 0.765.